The van der Waals surface area contributed by atoms with Gasteiger partial charge in [0.15, 0.2) is 0 Å². The van der Waals surface area contributed by atoms with Gasteiger partial charge in [-0.15, -0.1) is 11.8 Å². The van der Waals surface area contributed by atoms with Crippen LogP contribution in [-0.2, 0) is 11.2 Å². The Morgan fingerprint density at radius 3 is 2.06 bits per heavy atom. The van der Waals surface area contributed by atoms with Crippen molar-refractivity contribution in [3.8, 4) is 0 Å². The Morgan fingerprint density at radius 1 is 0.853 bits per heavy atom. The van der Waals surface area contributed by atoms with Crippen LogP contribution in [-0.4, -0.2) is 49.3 Å². The number of piperazine rings is 1. The molecule has 0 unspecified atom stereocenters. The third-order valence-corrected chi connectivity index (χ3v) is 6.65. The highest BCUT2D eigenvalue weighted by Crippen LogP contribution is 2.21. The second-order valence-electron chi connectivity index (χ2n) is 8.39. The van der Waals surface area contributed by atoms with Gasteiger partial charge in [0.1, 0.15) is 0 Å². The first-order valence-electron chi connectivity index (χ1n) is 11.4. The zero-order chi connectivity index (χ0) is 23.9. The van der Waals surface area contributed by atoms with Gasteiger partial charge in [-0.1, -0.05) is 29.8 Å². The lowest BCUT2D eigenvalue weighted by atomic mass is 10.1. The molecule has 7 heteroatoms. The second kappa shape index (κ2) is 11.1. The van der Waals surface area contributed by atoms with Gasteiger partial charge in [0, 0.05) is 48.1 Å². The molecule has 0 spiro atoms. The first kappa shape index (κ1) is 23.7. The number of thioether (sulfide) groups is 1. The van der Waals surface area contributed by atoms with Crippen LogP contribution < -0.4 is 15.5 Å². The highest BCUT2D eigenvalue weighted by molar-refractivity contribution is 7.98. The minimum Gasteiger partial charge on any atom is -0.368 e. The zero-order valence-corrected chi connectivity index (χ0v) is 20.4. The van der Waals surface area contributed by atoms with Crippen LogP contribution in [0.15, 0.2) is 77.7 Å². The van der Waals surface area contributed by atoms with Gasteiger partial charge >= 0.3 is 6.03 Å². The number of hydrogen-bond donors (Lipinski definition) is 2. The molecule has 0 bridgehead atoms. The van der Waals surface area contributed by atoms with Gasteiger partial charge in [-0.25, -0.2) is 4.79 Å². The lowest BCUT2D eigenvalue weighted by molar-refractivity contribution is -0.130. The van der Waals surface area contributed by atoms with Crippen LogP contribution in [0, 0.1) is 6.92 Å². The van der Waals surface area contributed by atoms with Gasteiger partial charge in [0.2, 0.25) is 5.91 Å². The van der Waals surface area contributed by atoms with E-state index in [1.807, 2.05) is 84.8 Å². The maximum atomic E-state index is 12.7. The Bertz CT molecular complexity index is 1120. The van der Waals surface area contributed by atoms with E-state index in [9.17, 15) is 9.59 Å². The molecule has 0 aromatic heterocycles. The summed E-state index contributed by atoms with van der Waals surface area (Å²) in [6.07, 6.45) is 2.47. The Labute approximate surface area is 205 Å². The fourth-order valence-electron chi connectivity index (χ4n) is 4.05. The molecular formula is C27H30N4O2S. The van der Waals surface area contributed by atoms with Crippen LogP contribution in [0.25, 0.3) is 0 Å². The van der Waals surface area contributed by atoms with Crippen LogP contribution >= 0.6 is 11.8 Å². The minimum absolute atomic E-state index is 0.180. The number of amides is 3. The fourth-order valence-corrected chi connectivity index (χ4v) is 4.45. The van der Waals surface area contributed by atoms with Crippen molar-refractivity contribution in [1.29, 1.82) is 0 Å². The van der Waals surface area contributed by atoms with E-state index in [0.29, 0.717) is 19.5 Å². The van der Waals surface area contributed by atoms with Gasteiger partial charge < -0.3 is 20.4 Å². The molecule has 0 saturated carbocycles. The van der Waals surface area contributed by atoms with Crippen LogP contribution in [0.2, 0.25) is 0 Å². The van der Waals surface area contributed by atoms with Crippen LogP contribution in [0.1, 0.15) is 11.1 Å². The van der Waals surface area contributed by atoms with E-state index in [1.165, 1.54) is 5.56 Å². The Balaban J connectivity index is 1.25. The van der Waals surface area contributed by atoms with Crippen LogP contribution in [0.3, 0.4) is 0 Å². The van der Waals surface area contributed by atoms with E-state index in [-0.39, 0.29) is 11.9 Å². The molecule has 1 fully saturated rings. The van der Waals surface area contributed by atoms with Gasteiger partial charge in [-0.05, 0) is 67.3 Å². The van der Waals surface area contributed by atoms with E-state index in [0.717, 1.165) is 40.6 Å². The summed E-state index contributed by atoms with van der Waals surface area (Å²) in [5.41, 5.74) is 4.81. The molecule has 4 rings (SSSR count). The predicted molar refractivity (Wildman–Crippen MR) is 141 cm³/mol. The summed E-state index contributed by atoms with van der Waals surface area (Å²) in [5.74, 6) is 0.180. The predicted octanol–water partition coefficient (Wildman–Crippen LogP) is 5.25. The molecule has 3 aromatic carbocycles. The quantitative estimate of drug-likeness (QED) is 0.479. The second-order valence-corrected chi connectivity index (χ2v) is 9.27. The molecule has 0 aliphatic carbocycles. The first-order valence-corrected chi connectivity index (χ1v) is 12.6. The Hall–Kier alpha value is -3.45. The van der Waals surface area contributed by atoms with Crippen molar-refractivity contribution in [2.75, 3.05) is 48.0 Å². The number of nitrogens with zero attached hydrogens (tertiary/aromatic N) is 2. The number of carbonyl (C=O) groups excluding carboxylic acids is 2. The monoisotopic (exact) mass is 474 g/mol. The number of anilines is 3. The molecule has 6 nitrogen and oxygen atoms in total. The smallest absolute Gasteiger partial charge is 0.323 e. The molecule has 0 atom stereocenters. The molecule has 3 amide bonds. The lowest BCUT2D eigenvalue weighted by Crippen LogP contribution is -2.49. The highest BCUT2D eigenvalue weighted by atomic mass is 32.2. The van der Waals surface area contributed by atoms with Crippen molar-refractivity contribution < 1.29 is 9.59 Å². The van der Waals surface area contributed by atoms with E-state index in [1.54, 1.807) is 11.8 Å². The minimum atomic E-state index is -0.273. The van der Waals surface area contributed by atoms with E-state index in [4.69, 9.17) is 0 Å². The van der Waals surface area contributed by atoms with Crippen molar-refractivity contribution >= 4 is 40.8 Å². The number of rotatable bonds is 6. The third kappa shape index (κ3) is 6.32. The molecule has 34 heavy (non-hydrogen) atoms. The van der Waals surface area contributed by atoms with E-state index >= 15 is 0 Å². The third-order valence-electron chi connectivity index (χ3n) is 5.91. The number of carbonyl (C=O) groups is 2. The molecular weight excluding hydrogens is 444 g/mol. The molecule has 1 aliphatic rings. The summed E-state index contributed by atoms with van der Waals surface area (Å²) in [7, 11) is 0. The summed E-state index contributed by atoms with van der Waals surface area (Å²) in [5, 5.41) is 5.72. The number of benzene rings is 3. The summed E-state index contributed by atoms with van der Waals surface area (Å²) in [6, 6.07) is 23.4. The zero-order valence-electron chi connectivity index (χ0n) is 19.6. The lowest BCUT2D eigenvalue weighted by Gasteiger charge is -2.36. The molecule has 1 saturated heterocycles. The topological polar surface area (TPSA) is 64.7 Å². The average Bonchev–Trinajstić information content (AvgIpc) is 2.85. The van der Waals surface area contributed by atoms with E-state index < -0.39 is 0 Å². The first-order chi connectivity index (χ1) is 16.5. The summed E-state index contributed by atoms with van der Waals surface area (Å²) >= 11 is 1.66. The highest BCUT2D eigenvalue weighted by Gasteiger charge is 2.21. The molecule has 176 valence electrons. The van der Waals surface area contributed by atoms with Gasteiger partial charge in [0.05, 0.1) is 6.42 Å². The maximum absolute atomic E-state index is 12.7. The van der Waals surface area contributed by atoms with Crippen molar-refractivity contribution in [1.82, 2.24) is 4.90 Å². The number of nitrogens with one attached hydrogen (secondary N) is 2. The van der Waals surface area contributed by atoms with Crippen molar-refractivity contribution in [2.45, 2.75) is 18.2 Å². The molecule has 2 N–H and O–H groups in total. The van der Waals surface area contributed by atoms with Crippen LogP contribution in [0.5, 0.6) is 0 Å². The number of hydrogen-bond acceptors (Lipinski definition) is 4. The standard InChI is InChI=1S/C27H30N4O2S/c1-20-4-3-5-21(18-20)19-26(32)31-16-14-30(15-17-31)24-10-6-22(7-11-24)28-27(33)29-23-8-12-25(34-2)13-9-23/h3-13,18H,14-17,19H2,1-2H3,(H2,28,29,33). The maximum Gasteiger partial charge on any atom is 0.323 e. The van der Waals surface area contributed by atoms with Crippen molar-refractivity contribution in [3.05, 3.63) is 83.9 Å². The van der Waals surface area contributed by atoms with Crippen molar-refractivity contribution in [2.24, 2.45) is 0 Å². The Morgan fingerprint density at radius 2 is 1.47 bits per heavy atom. The van der Waals surface area contributed by atoms with Gasteiger partial charge in [-0.3, -0.25) is 4.79 Å². The number of aryl methyl sites for hydroxylation is 1. The Kier molecular flexibility index (Phi) is 7.75. The normalized spacial score (nSPS) is 13.5. The van der Waals surface area contributed by atoms with E-state index in [2.05, 4.69) is 21.6 Å². The molecule has 1 aliphatic heterocycles. The summed E-state index contributed by atoms with van der Waals surface area (Å²) in [6.45, 7) is 5.05. The summed E-state index contributed by atoms with van der Waals surface area (Å²) < 4.78 is 0. The SMILES string of the molecule is CSc1ccc(NC(=O)Nc2ccc(N3CCN(C(=O)Cc4cccc(C)c4)CC3)cc2)cc1. The molecule has 1 heterocycles. The van der Waals surface area contributed by atoms with Crippen molar-refractivity contribution in [3.63, 3.8) is 0 Å². The van der Waals surface area contributed by atoms with Gasteiger partial charge in [-0.2, -0.15) is 0 Å². The molecule has 0 radical (unpaired) electrons. The molecule has 3 aromatic rings. The van der Waals surface area contributed by atoms with Crippen LogP contribution in [0.4, 0.5) is 21.9 Å². The summed E-state index contributed by atoms with van der Waals surface area (Å²) in [4.78, 5) is 30.4. The average molecular weight is 475 g/mol. The largest absolute Gasteiger partial charge is 0.368 e. The number of urea groups is 1. The fraction of sp³-hybridized carbons (Fsp3) is 0.259. The van der Waals surface area contributed by atoms with Gasteiger partial charge in [0.25, 0.3) is 0 Å².